The van der Waals surface area contributed by atoms with E-state index in [4.69, 9.17) is 19.2 Å². The number of unbranched alkanes of at least 4 members (excludes halogenated alkanes) is 2. The zero-order valence-electron chi connectivity index (χ0n) is 19.8. The molecule has 2 saturated heterocycles. The molecule has 1 aromatic carbocycles. The van der Waals surface area contributed by atoms with Crippen LogP contribution in [0.3, 0.4) is 0 Å². The number of fused-ring (bicyclic) bond motifs is 2. The Kier molecular flexibility index (Phi) is 8.02. The van der Waals surface area contributed by atoms with Crippen LogP contribution in [0.15, 0.2) is 29.3 Å². The highest BCUT2D eigenvalue weighted by Gasteiger charge is 2.52. The summed E-state index contributed by atoms with van der Waals surface area (Å²) in [5.74, 6) is 0.782. The highest BCUT2D eigenvalue weighted by molar-refractivity contribution is 5.90. The van der Waals surface area contributed by atoms with Crippen LogP contribution in [0.4, 0.5) is 0 Å². The van der Waals surface area contributed by atoms with Gasteiger partial charge in [-0.1, -0.05) is 44.0 Å². The molecule has 1 amide bonds. The molecule has 3 heterocycles. The number of carbonyl (C=O) groups excluding carboxylic acids is 2. The summed E-state index contributed by atoms with van der Waals surface area (Å²) in [6.45, 7) is 3.15. The van der Waals surface area contributed by atoms with Gasteiger partial charge in [0.25, 0.3) is 0 Å². The molecule has 33 heavy (non-hydrogen) atoms. The second-order valence-electron chi connectivity index (χ2n) is 9.32. The van der Waals surface area contributed by atoms with E-state index < -0.39 is 6.04 Å². The van der Waals surface area contributed by atoms with E-state index in [1.165, 1.54) is 18.2 Å². The minimum absolute atomic E-state index is 0.0464. The van der Waals surface area contributed by atoms with Crippen LogP contribution in [0.1, 0.15) is 56.6 Å². The van der Waals surface area contributed by atoms with Crippen molar-refractivity contribution in [2.75, 3.05) is 20.3 Å². The van der Waals surface area contributed by atoms with Crippen molar-refractivity contribution in [2.24, 2.45) is 16.8 Å². The standard InChI is InChI=1S/C26H36N2O5/c1-3-4-7-14-27-25(30)20-16-32-26(28-20)24-19(21-11-12-22(24)33-21)15-18-9-6-5-8-17(18)10-13-23(29)31-2/h5-6,8-9,19-22,24H,3-4,7,10-16H2,1-2H3,(H,27,30)/t19-,20-,21-,22+,24-/m0/s1. The monoisotopic (exact) mass is 456 g/mol. The summed E-state index contributed by atoms with van der Waals surface area (Å²) in [6.07, 6.45) is 7.44. The van der Waals surface area contributed by atoms with Crippen LogP contribution in [0.25, 0.3) is 0 Å². The van der Waals surface area contributed by atoms with Gasteiger partial charge in [-0.2, -0.15) is 0 Å². The predicted octanol–water partition coefficient (Wildman–Crippen LogP) is 3.23. The molecule has 0 unspecified atom stereocenters. The van der Waals surface area contributed by atoms with Crippen molar-refractivity contribution < 1.29 is 23.8 Å². The molecule has 4 rings (SSSR count). The smallest absolute Gasteiger partial charge is 0.305 e. The lowest BCUT2D eigenvalue weighted by molar-refractivity contribution is -0.140. The van der Waals surface area contributed by atoms with Crippen LogP contribution in [0.5, 0.6) is 0 Å². The van der Waals surface area contributed by atoms with Crippen molar-refractivity contribution >= 4 is 17.8 Å². The van der Waals surface area contributed by atoms with Crippen LogP contribution in [-0.4, -0.2) is 56.3 Å². The number of rotatable bonds is 11. The SMILES string of the molecule is CCCCCNC(=O)[C@@H]1COC([C@H]2[C@@H](Cc3ccccc3CCC(=O)OC)[C@@H]3CC[C@H]2O3)=N1. The van der Waals surface area contributed by atoms with Crippen LogP contribution in [0, 0.1) is 11.8 Å². The molecule has 2 bridgehead atoms. The van der Waals surface area contributed by atoms with E-state index in [1.807, 2.05) is 12.1 Å². The van der Waals surface area contributed by atoms with Crippen molar-refractivity contribution in [3.05, 3.63) is 35.4 Å². The van der Waals surface area contributed by atoms with Crippen LogP contribution in [-0.2, 0) is 36.6 Å². The Balaban J connectivity index is 1.43. The van der Waals surface area contributed by atoms with Gasteiger partial charge in [0.15, 0.2) is 11.9 Å². The maximum absolute atomic E-state index is 12.5. The van der Waals surface area contributed by atoms with Gasteiger partial charge in [0.05, 0.1) is 25.2 Å². The average Bonchev–Trinajstić information content (AvgIpc) is 3.57. The summed E-state index contributed by atoms with van der Waals surface area (Å²) < 4.78 is 17.1. The van der Waals surface area contributed by atoms with E-state index in [-0.39, 0.29) is 35.9 Å². The zero-order valence-corrected chi connectivity index (χ0v) is 19.8. The molecule has 1 aromatic rings. The number of hydrogen-bond donors (Lipinski definition) is 1. The fraction of sp³-hybridized carbons (Fsp3) is 0.654. The number of methoxy groups -OCH3 is 1. The summed E-state index contributed by atoms with van der Waals surface area (Å²) in [7, 11) is 1.42. The molecule has 0 radical (unpaired) electrons. The number of amides is 1. The number of hydrogen-bond acceptors (Lipinski definition) is 6. The number of nitrogens with one attached hydrogen (secondary N) is 1. The molecule has 1 N–H and O–H groups in total. The Morgan fingerprint density at radius 1 is 1.15 bits per heavy atom. The molecule has 7 heteroatoms. The fourth-order valence-electron chi connectivity index (χ4n) is 5.38. The average molecular weight is 457 g/mol. The van der Waals surface area contributed by atoms with Gasteiger partial charge in [-0.3, -0.25) is 9.59 Å². The summed E-state index contributed by atoms with van der Waals surface area (Å²) in [5, 5.41) is 3.00. The molecule has 0 saturated carbocycles. The molecule has 2 fully saturated rings. The topological polar surface area (TPSA) is 86.2 Å². The Bertz CT molecular complexity index is 870. The maximum Gasteiger partial charge on any atom is 0.305 e. The molecule has 3 aliphatic rings. The zero-order chi connectivity index (χ0) is 23.2. The van der Waals surface area contributed by atoms with Crippen molar-refractivity contribution in [2.45, 2.75) is 76.5 Å². The van der Waals surface area contributed by atoms with E-state index >= 15 is 0 Å². The lowest BCUT2D eigenvalue weighted by atomic mass is 9.75. The predicted molar refractivity (Wildman–Crippen MR) is 125 cm³/mol. The number of nitrogens with zero attached hydrogens (tertiary/aromatic N) is 1. The number of aryl methyl sites for hydroxylation is 1. The first-order valence-electron chi connectivity index (χ1n) is 12.4. The molecule has 3 aliphatic heterocycles. The van der Waals surface area contributed by atoms with Crippen LogP contribution in [0.2, 0.25) is 0 Å². The first-order valence-corrected chi connectivity index (χ1v) is 12.4. The second-order valence-corrected chi connectivity index (χ2v) is 9.32. The first-order chi connectivity index (χ1) is 16.1. The molecular formula is C26H36N2O5. The second kappa shape index (κ2) is 11.1. The lowest BCUT2D eigenvalue weighted by Gasteiger charge is -2.28. The third kappa shape index (κ3) is 5.57. The van der Waals surface area contributed by atoms with E-state index in [1.54, 1.807) is 0 Å². The third-order valence-corrected chi connectivity index (χ3v) is 7.16. The highest BCUT2D eigenvalue weighted by atomic mass is 16.5. The van der Waals surface area contributed by atoms with Crippen molar-refractivity contribution in [3.63, 3.8) is 0 Å². The van der Waals surface area contributed by atoms with Crippen molar-refractivity contribution in [3.8, 4) is 0 Å². The summed E-state index contributed by atoms with van der Waals surface area (Å²) in [4.78, 5) is 28.9. The summed E-state index contributed by atoms with van der Waals surface area (Å²) in [6, 6.07) is 7.82. The molecular weight excluding hydrogens is 420 g/mol. The van der Waals surface area contributed by atoms with Gasteiger partial charge in [0.2, 0.25) is 5.91 Å². The van der Waals surface area contributed by atoms with Gasteiger partial charge in [-0.15, -0.1) is 0 Å². The molecule has 5 atom stereocenters. The van der Waals surface area contributed by atoms with Crippen LogP contribution >= 0.6 is 0 Å². The summed E-state index contributed by atoms with van der Waals surface area (Å²) >= 11 is 0. The largest absolute Gasteiger partial charge is 0.478 e. The molecule has 0 spiro atoms. The highest BCUT2D eigenvalue weighted by Crippen LogP contribution is 2.46. The van der Waals surface area contributed by atoms with Crippen molar-refractivity contribution in [1.29, 1.82) is 0 Å². The van der Waals surface area contributed by atoms with Crippen molar-refractivity contribution in [1.82, 2.24) is 5.32 Å². The minimum Gasteiger partial charge on any atom is -0.478 e. The van der Waals surface area contributed by atoms with Gasteiger partial charge in [-0.25, -0.2) is 4.99 Å². The number of benzene rings is 1. The molecule has 0 aliphatic carbocycles. The quantitative estimate of drug-likeness (QED) is 0.408. The maximum atomic E-state index is 12.5. The van der Waals surface area contributed by atoms with E-state index in [0.29, 0.717) is 31.9 Å². The van der Waals surface area contributed by atoms with Gasteiger partial charge in [0, 0.05) is 18.9 Å². The number of ether oxygens (including phenoxy) is 3. The lowest BCUT2D eigenvalue weighted by Crippen LogP contribution is -2.35. The Hall–Kier alpha value is -2.41. The normalized spacial score (nSPS) is 27.8. The molecule has 7 nitrogen and oxygen atoms in total. The molecule has 0 aromatic heterocycles. The van der Waals surface area contributed by atoms with Gasteiger partial charge < -0.3 is 19.5 Å². The Morgan fingerprint density at radius 2 is 1.94 bits per heavy atom. The van der Waals surface area contributed by atoms with E-state index in [9.17, 15) is 9.59 Å². The third-order valence-electron chi connectivity index (χ3n) is 7.16. The number of aliphatic imine (C=N–C) groups is 1. The van der Waals surface area contributed by atoms with Gasteiger partial charge in [0.1, 0.15) is 6.61 Å². The van der Waals surface area contributed by atoms with Gasteiger partial charge in [-0.05, 0) is 43.2 Å². The first kappa shape index (κ1) is 23.7. The van der Waals surface area contributed by atoms with Crippen LogP contribution < -0.4 is 5.32 Å². The fourth-order valence-corrected chi connectivity index (χ4v) is 5.38. The minimum atomic E-state index is -0.464. The van der Waals surface area contributed by atoms with E-state index in [0.717, 1.165) is 38.5 Å². The Morgan fingerprint density at radius 3 is 2.73 bits per heavy atom. The van der Waals surface area contributed by atoms with E-state index in [2.05, 4.69) is 24.4 Å². The van der Waals surface area contributed by atoms with Gasteiger partial charge >= 0.3 is 5.97 Å². The summed E-state index contributed by atoms with van der Waals surface area (Å²) in [5.41, 5.74) is 2.40. The number of carbonyl (C=O) groups is 2. The number of esters is 1. The molecule has 180 valence electrons. The Labute approximate surface area is 196 Å².